The maximum Gasteiger partial charge on any atom is 0.271 e. The minimum absolute atomic E-state index is 0.00405. The highest BCUT2D eigenvalue weighted by Crippen LogP contribution is 2.33. The number of non-ortho nitro benzene ring substituents is 1. The molecule has 6 rings (SSSR count). The zero-order valence-electron chi connectivity index (χ0n) is 18.0. The van der Waals surface area contributed by atoms with Crippen molar-refractivity contribution in [2.75, 3.05) is 5.32 Å². The van der Waals surface area contributed by atoms with Gasteiger partial charge in [-0.05, 0) is 30.3 Å². The third kappa shape index (κ3) is 3.89. The SMILES string of the molecule is O=[N+]([O-])c1ccc2nc(-c3cnc4nc(-c5ccc(Br)cc5)c(Nc5ccccc5)n4c3)[nH]c2c1. The van der Waals surface area contributed by atoms with E-state index in [4.69, 9.17) is 4.98 Å². The van der Waals surface area contributed by atoms with Crippen molar-refractivity contribution in [3.05, 3.63) is 99.8 Å². The molecule has 10 heteroatoms. The van der Waals surface area contributed by atoms with Crippen LogP contribution >= 0.6 is 15.9 Å². The molecule has 2 N–H and O–H groups in total. The fourth-order valence-corrected chi connectivity index (χ4v) is 4.16. The van der Waals surface area contributed by atoms with Gasteiger partial charge in [0, 0.05) is 40.2 Å². The molecule has 0 fully saturated rings. The summed E-state index contributed by atoms with van der Waals surface area (Å²) < 4.78 is 2.86. The van der Waals surface area contributed by atoms with Crippen LogP contribution in [0.25, 0.3) is 39.5 Å². The Morgan fingerprint density at radius 3 is 2.54 bits per heavy atom. The zero-order chi connectivity index (χ0) is 23.9. The van der Waals surface area contributed by atoms with Crippen molar-refractivity contribution in [1.29, 1.82) is 0 Å². The minimum atomic E-state index is -0.426. The van der Waals surface area contributed by atoms with E-state index >= 15 is 0 Å². The molecule has 0 saturated carbocycles. The highest BCUT2D eigenvalue weighted by Gasteiger charge is 2.18. The molecule has 0 aliphatic carbocycles. The van der Waals surface area contributed by atoms with Crippen molar-refractivity contribution in [3.8, 4) is 22.6 Å². The van der Waals surface area contributed by atoms with Crippen LogP contribution in [0.15, 0.2) is 89.7 Å². The lowest BCUT2D eigenvalue weighted by molar-refractivity contribution is -0.384. The lowest BCUT2D eigenvalue weighted by Crippen LogP contribution is -1.98. The molecule has 0 aliphatic heterocycles. The Bertz CT molecular complexity index is 1710. The predicted octanol–water partition coefficient (Wildman–Crippen LogP) is 6.35. The van der Waals surface area contributed by atoms with Crippen molar-refractivity contribution in [2.45, 2.75) is 0 Å². The maximum atomic E-state index is 11.1. The first-order valence-electron chi connectivity index (χ1n) is 10.7. The van der Waals surface area contributed by atoms with E-state index in [2.05, 4.69) is 36.2 Å². The number of anilines is 2. The van der Waals surface area contributed by atoms with Crippen LogP contribution in [-0.2, 0) is 0 Å². The molecule has 0 bridgehead atoms. The van der Waals surface area contributed by atoms with Gasteiger partial charge in [0.15, 0.2) is 0 Å². The molecule has 3 aromatic carbocycles. The first-order valence-corrected chi connectivity index (χ1v) is 11.4. The van der Waals surface area contributed by atoms with E-state index in [-0.39, 0.29) is 5.69 Å². The second-order valence-corrected chi connectivity index (χ2v) is 8.78. The number of hydrogen-bond donors (Lipinski definition) is 2. The van der Waals surface area contributed by atoms with E-state index in [1.165, 1.54) is 12.1 Å². The van der Waals surface area contributed by atoms with Crippen molar-refractivity contribution < 1.29 is 4.92 Å². The summed E-state index contributed by atoms with van der Waals surface area (Å²) in [7, 11) is 0. The van der Waals surface area contributed by atoms with Crippen molar-refractivity contribution in [1.82, 2.24) is 24.3 Å². The Balaban J connectivity index is 1.51. The summed E-state index contributed by atoms with van der Waals surface area (Å²) in [4.78, 5) is 27.8. The molecule has 0 atom stereocenters. The third-order valence-corrected chi connectivity index (χ3v) is 6.11. The fourth-order valence-electron chi connectivity index (χ4n) is 3.89. The number of halogens is 1. The summed E-state index contributed by atoms with van der Waals surface area (Å²) in [5, 5.41) is 14.6. The van der Waals surface area contributed by atoms with E-state index in [9.17, 15) is 10.1 Å². The van der Waals surface area contributed by atoms with Crippen LogP contribution < -0.4 is 5.32 Å². The van der Waals surface area contributed by atoms with Crippen LogP contribution in [-0.4, -0.2) is 29.3 Å². The molecule has 0 saturated heterocycles. The number of fused-ring (bicyclic) bond motifs is 2. The normalized spacial score (nSPS) is 11.2. The van der Waals surface area contributed by atoms with Crippen molar-refractivity contribution >= 4 is 49.9 Å². The quantitative estimate of drug-likeness (QED) is 0.200. The molecule has 0 aliphatic rings. The van der Waals surface area contributed by atoms with Crippen LogP contribution in [0, 0.1) is 10.1 Å². The molecule has 0 unspecified atom stereocenters. The second kappa shape index (κ2) is 8.33. The van der Waals surface area contributed by atoms with E-state index in [1.54, 1.807) is 12.3 Å². The minimum Gasteiger partial charge on any atom is -0.339 e. The van der Waals surface area contributed by atoms with E-state index in [1.807, 2.05) is 65.2 Å². The number of rotatable bonds is 5. The number of nitrogens with one attached hydrogen (secondary N) is 2. The first-order chi connectivity index (χ1) is 17.0. The van der Waals surface area contributed by atoms with Gasteiger partial charge >= 0.3 is 0 Å². The maximum absolute atomic E-state index is 11.1. The summed E-state index contributed by atoms with van der Waals surface area (Å²) in [5.41, 5.74) is 4.54. The molecule has 0 spiro atoms. The van der Waals surface area contributed by atoms with Crippen molar-refractivity contribution in [2.24, 2.45) is 0 Å². The van der Waals surface area contributed by atoms with Crippen LogP contribution in [0.1, 0.15) is 0 Å². The lowest BCUT2D eigenvalue weighted by atomic mass is 10.1. The predicted molar refractivity (Wildman–Crippen MR) is 138 cm³/mol. The number of imidazole rings is 2. The summed E-state index contributed by atoms with van der Waals surface area (Å²) in [6.07, 6.45) is 3.58. The number of para-hydroxylation sites is 1. The van der Waals surface area contributed by atoms with Gasteiger partial charge in [-0.15, -0.1) is 0 Å². The smallest absolute Gasteiger partial charge is 0.271 e. The van der Waals surface area contributed by atoms with Gasteiger partial charge in [0.25, 0.3) is 5.69 Å². The van der Waals surface area contributed by atoms with Gasteiger partial charge in [-0.3, -0.25) is 14.5 Å². The first kappa shape index (κ1) is 21.0. The molecular weight excluding hydrogens is 510 g/mol. The van der Waals surface area contributed by atoms with Crippen molar-refractivity contribution in [3.63, 3.8) is 0 Å². The molecule has 3 aromatic heterocycles. The average Bonchev–Trinajstić information content (AvgIpc) is 3.46. The van der Waals surface area contributed by atoms with Crippen LogP contribution in [0.4, 0.5) is 17.2 Å². The number of aromatic nitrogens is 5. The van der Waals surface area contributed by atoms with E-state index in [0.717, 1.165) is 27.2 Å². The van der Waals surface area contributed by atoms with E-state index < -0.39 is 4.92 Å². The number of nitrogens with zero attached hydrogens (tertiary/aromatic N) is 5. The highest BCUT2D eigenvalue weighted by molar-refractivity contribution is 9.10. The van der Waals surface area contributed by atoms with Gasteiger partial charge in [-0.1, -0.05) is 46.3 Å². The van der Waals surface area contributed by atoms with E-state index in [0.29, 0.717) is 28.2 Å². The van der Waals surface area contributed by atoms with Gasteiger partial charge in [0.2, 0.25) is 5.78 Å². The van der Waals surface area contributed by atoms with Gasteiger partial charge in [0.1, 0.15) is 17.3 Å². The summed E-state index contributed by atoms with van der Waals surface area (Å²) in [6, 6.07) is 22.3. The summed E-state index contributed by atoms with van der Waals surface area (Å²) >= 11 is 3.49. The number of aromatic amines is 1. The number of H-pyrrole nitrogens is 1. The summed E-state index contributed by atoms with van der Waals surface area (Å²) in [6.45, 7) is 0. The monoisotopic (exact) mass is 525 g/mol. The molecule has 170 valence electrons. The Kier molecular flexibility index (Phi) is 5.00. The largest absolute Gasteiger partial charge is 0.339 e. The molecular formula is C25H16BrN7O2. The Hall–Kier alpha value is -4.57. The highest BCUT2D eigenvalue weighted by atomic mass is 79.9. The molecule has 35 heavy (non-hydrogen) atoms. The third-order valence-electron chi connectivity index (χ3n) is 5.58. The molecule has 3 heterocycles. The zero-order valence-corrected chi connectivity index (χ0v) is 19.6. The fraction of sp³-hybridized carbons (Fsp3) is 0. The van der Waals surface area contributed by atoms with Crippen LogP contribution in [0.2, 0.25) is 0 Å². The lowest BCUT2D eigenvalue weighted by Gasteiger charge is -2.09. The van der Waals surface area contributed by atoms with Crippen LogP contribution in [0.5, 0.6) is 0 Å². The number of hydrogen-bond acceptors (Lipinski definition) is 6. The Labute approximate surface area is 206 Å². The standard InChI is InChI=1S/C25H16BrN7O2/c26-17-8-6-15(7-9-17)22-24(28-18-4-2-1-3-5-18)32-14-16(13-27-25(32)31-22)23-29-20-11-10-19(33(34)35)12-21(20)30-23/h1-14,28H,(H,29,30). The molecule has 6 aromatic rings. The Morgan fingerprint density at radius 1 is 0.971 bits per heavy atom. The van der Waals surface area contributed by atoms with Crippen LogP contribution in [0.3, 0.4) is 0 Å². The molecule has 0 amide bonds. The topological polar surface area (TPSA) is 114 Å². The number of nitro groups is 1. The van der Waals surface area contributed by atoms with Gasteiger partial charge < -0.3 is 10.3 Å². The summed E-state index contributed by atoms with van der Waals surface area (Å²) in [5.74, 6) is 1.84. The van der Waals surface area contributed by atoms with Gasteiger partial charge in [0.05, 0.1) is 21.5 Å². The average molecular weight is 526 g/mol. The Morgan fingerprint density at radius 2 is 1.77 bits per heavy atom. The second-order valence-electron chi connectivity index (χ2n) is 7.86. The molecule has 0 radical (unpaired) electrons. The number of nitro benzene ring substituents is 1. The van der Waals surface area contributed by atoms with Gasteiger partial charge in [-0.25, -0.2) is 15.0 Å². The van der Waals surface area contributed by atoms with Gasteiger partial charge in [-0.2, -0.15) is 0 Å². The molecule has 9 nitrogen and oxygen atoms in total. The number of benzene rings is 3.